The lowest BCUT2D eigenvalue weighted by atomic mass is 9.91. The summed E-state index contributed by atoms with van der Waals surface area (Å²) in [5.41, 5.74) is -0.798. The molecule has 3 nitrogen and oxygen atoms in total. The number of halogens is 8. The van der Waals surface area contributed by atoms with Gasteiger partial charge in [0.15, 0.2) is 0 Å². The molecule has 0 radical (unpaired) electrons. The highest BCUT2D eigenvalue weighted by Gasteiger charge is 2.37. The lowest BCUT2D eigenvalue weighted by Gasteiger charge is -2.28. The van der Waals surface area contributed by atoms with Gasteiger partial charge in [0.25, 0.3) is 0 Å². The molecule has 1 aliphatic rings. The highest BCUT2D eigenvalue weighted by molar-refractivity contribution is 5.90. The van der Waals surface area contributed by atoms with Crippen molar-refractivity contribution in [1.29, 1.82) is 0 Å². The van der Waals surface area contributed by atoms with Crippen LogP contribution in [0.1, 0.15) is 54.5 Å². The van der Waals surface area contributed by atoms with Crippen LogP contribution in [0.15, 0.2) is 48.0 Å². The molecule has 1 N–H and O–H groups in total. The number of rotatable bonds is 5. The van der Waals surface area contributed by atoms with Crippen molar-refractivity contribution in [2.45, 2.75) is 44.6 Å². The fourth-order valence-electron chi connectivity index (χ4n) is 4.05. The van der Waals surface area contributed by atoms with Gasteiger partial charge in [0.1, 0.15) is 5.82 Å². The van der Waals surface area contributed by atoms with E-state index in [-0.39, 0.29) is 30.5 Å². The summed E-state index contributed by atoms with van der Waals surface area (Å²) in [6, 6.07) is 5.93. The second-order valence-electron chi connectivity index (χ2n) is 8.54. The molecule has 1 fully saturated rings. The first kappa shape index (κ1) is 29.6. The first-order valence-electron chi connectivity index (χ1n) is 11.0. The molecule has 1 heterocycles. The molecule has 2 aromatic carbocycles. The minimum Gasteiger partial charge on any atom is -0.339 e. The number of hydrogen-bond acceptors (Lipinski definition) is 2. The maximum absolute atomic E-state index is 13.4. The van der Waals surface area contributed by atoms with E-state index in [0.29, 0.717) is 49.2 Å². The number of hydrogen-bond donors (Lipinski definition) is 1. The van der Waals surface area contributed by atoms with E-state index < -0.39 is 41.2 Å². The maximum atomic E-state index is 13.4. The van der Waals surface area contributed by atoms with Gasteiger partial charge in [-0.15, -0.1) is 12.4 Å². The van der Waals surface area contributed by atoms with Crippen molar-refractivity contribution in [2.24, 2.45) is 0 Å². The Labute approximate surface area is 210 Å². The molecule has 0 bridgehead atoms. The van der Waals surface area contributed by atoms with Crippen LogP contribution < -0.4 is 5.32 Å². The zero-order valence-electron chi connectivity index (χ0n) is 19.6. The molecule has 0 saturated carbocycles. The van der Waals surface area contributed by atoms with Crippen LogP contribution in [0.4, 0.5) is 30.7 Å². The predicted molar refractivity (Wildman–Crippen MR) is 125 cm³/mol. The topological polar surface area (TPSA) is 32.3 Å². The van der Waals surface area contributed by atoms with Crippen LogP contribution in [0, 0.1) is 5.82 Å². The summed E-state index contributed by atoms with van der Waals surface area (Å²) in [7, 11) is 1.34. The molecule has 1 atom stereocenters. The molecule has 0 aromatic heterocycles. The second-order valence-corrected chi connectivity index (χ2v) is 8.54. The van der Waals surface area contributed by atoms with Crippen LogP contribution >= 0.6 is 12.4 Å². The number of benzene rings is 2. The largest absolute Gasteiger partial charge is 0.416 e. The highest BCUT2D eigenvalue weighted by Crippen LogP contribution is 2.38. The molecule has 0 aliphatic carbocycles. The summed E-state index contributed by atoms with van der Waals surface area (Å²) in [5, 5.41) is 3.21. The lowest BCUT2D eigenvalue weighted by Crippen LogP contribution is -2.31. The van der Waals surface area contributed by atoms with Crippen LogP contribution in [0.25, 0.3) is 5.57 Å². The van der Waals surface area contributed by atoms with E-state index in [9.17, 15) is 35.5 Å². The van der Waals surface area contributed by atoms with Gasteiger partial charge in [-0.25, -0.2) is 4.39 Å². The number of carbonyl (C=O) groups excluding carboxylic acids is 1. The van der Waals surface area contributed by atoms with E-state index in [1.807, 2.05) is 0 Å². The van der Waals surface area contributed by atoms with Crippen LogP contribution in [0.2, 0.25) is 0 Å². The van der Waals surface area contributed by atoms with Crippen molar-refractivity contribution in [3.05, 3.63) is 76.1 Å². The van der Waals surface area contributed by atoms with Crippen LogP contribution in [-0.4, -0.2) is 30.9 Å². The summed E-state index contributed by atoms with van der Waals surface area (Å²) in [6.45, 7) is 2.78. The molecular weight excluding hydrogens is 513 g/mol. The molecule has 0 unspecified atom stereocenters. The molecule has 2 aromatic rings. The number of nitrogens with zero attached hydrogens (tertiary/aromatic N) is 1. The summed E-state index contributed by atoms with van der Waals surface area (Å²) in [6.07, 6.45) is -8.74. The normalized spacial score (nSPS) is 15.2. The number of alkyl halides is 6. The Morgan fingerprint density at radius 2 is 1.44 bits per heavy atom. The monoisotopic (exact) mass is 538 g/mol. The van der Waals surface area contributed by atoms with Crippen molar-refractivity contribution < 1.29 is 35.5 Å². The standard InChI is InChI=1S/C25H25F7N2O.ClH/c1-15(18-11-19(24(27,28)29)13-20(12-18)25(30,31)32)34(2)23(35)14-22(17-7-9-33-10-8-17)16-3-5-21(26)6-4-16;/h3-6,11-13,15,33H,7-10,14H2,1-2H3;1H/t15-;/m1./s1. The molecule has 3 rings (SSSR count). The number of nitrogens with one attached hydrogen (secondary N) is 1. The average molecular weight is 539 g/mol. The van der Waals surface area contributed by atoms with Crippen LogP contribution in [-0.2, 0) is 17.1 Å². The van der Waals surface area contributed by atoms with Gasteiger partial charge in [-0.3, -0.25) is 4.79 Å². The van der Waals surface area contributed by atoms with Gasteiger partial charge in [-0.2, -0.15) is 26.3 Å². The molecule has 11 heteroatoms. The van der Waals surface area contributed by atoms with E-state index >= 15 is 0 Å². The lowest BCUT2D eigenvalue weighted by molar-refractivity contribution is -0.143. The Morgan fingerprint density at radius 1 is 0.944 bits per heavy atom. The van der Waals surface area contributed by atoms with Gasteiger partial charge >= 0.3 is 12.4 Å². The second kappa shape index (κ2) is 11.6. The van der Waals surface area contributed by atoms with Crippen molar-refractivity contribution >= 4 is 23.9 Å². The minimum absolute atomic E-state index is 0. The highest BCUT2D eigenvalue weighted by atomic mass is 35.5. The summed E-state index contributed by atoms with van der Waals surface area (Å²) in [4.78, 5) is 14.3. The third-order valence-electron chi connectivity index (χ3n) is 6.22. The maximum Gasteiger partial charge on any atom is 0.416 e. The third-order valence-corrected chi connectivity index (χ3v) is 6.22. The fraction of sp³-hybridized carbons (Fsp3) is 0.400. The Hall–Kier alpha value is -2.59. The number of piperidine rings is 1. The van der Waals surface area contributed by atoms with Gasteiger partial charge in [0.05, 0.1) is 23.6 Å². The molecule has 1 amide bonds. The Kier molecular flexibility index (Phi) is 9.58. The van der Waals surface area contributed by atoms with E-state index in [2.05, 4.69) is 5.32 Å². The SMILES string of the molecule is C[C@H](c1cc(C(F)(F)F)cc(C(F)(F)F)c1)N(C)C(=O)CC(=C1CCNCC1)c1ccc(F)cc1.Cl. The Morgan fingerprint density at radius 3 is 1.92 bits per heavy atom. The minimum atomic E-state index is -4.98. The first-order chi connectivity index (χ1) is 16.3. The van der Waals surface area contributed by atoms with Crippen LogP contribution in [0.5, 0.6) is 0 Å². The summed E-state index contributed by atoms with van der Waals surface area (Å²) < 4.78 is 93.1. The molecule has 1 aliphatic heterocycles. The first-order valence-corrected chi connectivity index (χ1v) is 11.0. The van der Waals surface area contributed by atoms with Gasteiger partial charge in [0, 0.05) is 7.05 Å². The van der Waals surface area contributed by atoms with E-state index in [4.69, 9.17) is 0 Å². The van der Waals surface area contributed by atoms with Crippen molar-refractivity contribution in [1.82, 2.24) is 10.2 Å². The van der Waals surface area contributed by atoms with E-state index in [1.54, 1.807) is 12.1 Å². The molecular formula is C25H26ClF7N2O. The van der Waals surface area contributed by atoms with Gasteiger partial charge in [-0.1, -0.05) is 17.7 Å². The number of amides is 1. The van der Waals surface area contributed by atoms with E-state index in [1.165, 1.54) is 26.1 Å². The molecule has 198 valence electrons. The zero-order valence-corrected chi connectivity index (χ0v) is 20.4. The van der Waals surface area contributed by atoms with E-state index in [0.717, 1.165) is 10.5 Å². The van der Waals surface area contributed by atoms with Gasteiger partial charge in [-0.05, 0) is 79.9 Å². The van der Waals surface area contributed by atoms with Crippen molar-refractivity contribution in [3.8, 4) is 0 Å². The smallest absolute Gasteiger partial charge is 0.339 e. The summed E-state index contributed by atoms with van der Waals surface area (Å²) in [5.74, 6) is -0.917. The Bertz CT molecular complexity index is 1050. The summed E-state index contributed by atoms with van der Waals surface area (Å²) >= 11 is 0. The van der Waals surface area contributed by atoms with Gasteiger partial charge < -0.3 is 10.2 Å². The van der Waals surface area contributed by atoms with Crippen molar-refractivity contribution in [2.75, 3.05) is 20.1 Å². The van der Waals surface area contributed by atoms with Crippen LogP contribution in [0.3, 0.4) is 0 Å². The van der Waals surface area contributed by atoms with Crippen molar-refractivity contribution in [3.63, 3.8) is 0 Å². The molecule has 1 saturated heterocycles. The molecule has 0 spiro atoms. The van der Waals surface area contributed by atoms with Gasteiger partial charge in [0.2, 0.25) is 5.91 Å². The fourth-order valence-corrected chi connectivity index (χ4v) is 4.05. The zero-order chi connectivity index (χ0) is 26.0. The predicted octanol–water partition coefficient (Wildman–Crippen LogP) is 7.03. The quantitative estimate of drug-likeness (QED) is 0.414. The Balaban J connectivity index is 0.00000456. The molecule has 36 heavy (non-hydrogen) atoms. The number of carbonyl (C=O) groups is 1. The average Bonchev–Trinajstić information content (AvgIpc) is 2.81. The third kappa shape index (κ3) is 7.22.